The summed E-state index contributed by atoms with van der Waals surface area (Å²) in [6.45, 7) is 7.37. The lowest BCUT2D eigenvalue weighted by molar-refractivity contribution is 0.402. The third kappa shape index (κ3) is 6.17. The van der Waals surface area contributed by atoms with E-state index < -0.39 is 6.04 Å². The molecule has 1 unspecified atom stereocenters. The van der Waals surface area contributed by atoms with Gasteiger partial charge in [0, 0.05) is 12.1 Å². The summed E-state index contributed by atoms with van der Waals surface area (Å²) < 4.78 is 5.71. The number of nitroso groups, excluding NO2 is 1. The van der Waals surface area contributed by atoms with E-state index in [0.717, 1.165) is 47.3 Å². The zero-order valence-corrected chi connectivity index (χ0v) is 20.7. The Morgan fingerprint density at radius 2 is 1.56 bits per heavy atom. The standard InChI is InChI=1S/C29H35N3O2/c1-5-22-16-17-25(18-24(22)7-3)27(29(32-33)31-19-21-12-9-8-10-13-21)30-20-26-15-11-14-23(6-2)28(26)34-4/h8-18,27,30H,5-7,19-20H2,1-4H3/b31-29-. The number of ether oxygens (including phenoxy) is 1. The molecule has 0 fully saturated rings. The zero-order valence-electron chi connectivity index (χ0n) is 20.7. The van der Waals surface area contributed by atoms with Gasteiger partial charge in [-0.05, 0) is 52.3 Å². The molecule has 0 heterocycles. The average molecular weight is 458 g/mol. The lowest BCUT2D eigenvalue weighted by Gasteiger charge is -2.21. The molecule has 3 rings (SSSR count). The number of para-hydroxylation sites is 1. The summed E-state index contributed by atoms with van der Waals surface area (Å²) >= 11 is 0. The van der Waals surface area contributed by atoms with E-state index in [0.29, 0.717) is 13.1 Å². The van der Waals surface area contributed by atoms with E-state index in [2.05, 4.69) is 66.6 Å². The highest BCUT2D eigenvalue weighted by Gasteiger charge is 2.21. The van der Waals surface area contributed by atoms with Crippen molar-refractivity contribution in [1.29, 1.82) is 0 Å². The quantitative estimate of drug-likeness (QED) is 0.201. The van der Waals surface area contributed by atoms with Crippen molar-refractivity contribution < 1.29 is 4.74 Å². The molecule has 0 bridgehead atoms. The number of hydrogen-bond donors (Lipinski definition) is 1. The molecule has 1 atom stereocenters. The van der Waals surface area contributed by atoms with Crippen LogP contribution in [0.25, 0.3) is 0 Å². The second-order valence-electron chi connectivity index (χ2n) is 8.26. The molecule has 3 aromatic rings. The molecule has 178 valence electrons. The molecule has 5 nitrogen and oxygen atoms in total. The first-order valence-corrected chi connectivity index (χ1v) is 12.1. The van der Waals surface area contributed by atoms with Crippen molar-refractivity contribution in [2.75, 3.05) is 7.11 Å². The van der Waals surface area contributed by atoms with Gasteiger partial charge in [0.1, 0.15) is 5.75 Å². The van der Waals surface area contributed by atoms with Crippen molar-refractivity contribution in [2.45, 2.75) is 59.2 Å². The number of aryl methyl sites for hydroxylation is 3. The number of benzene rings is 3. The first-order chi connectivity index (χ1) is 16.6. The molecule has 0 radical (unpaired) electrons. The van der Waals surface area contributed by atoms with Crippen LogP contribution < -0.4 is 10.1 Å². The monoisotopic (exact) mass is 457 g/mol. The molecular formula is C29H35N3O2. The van der Waals surface area contributed by atoms with E-state index in [1.54, 1.807) is 7.11 Å². The number of rotatable bonds is 11. The second kappa shape index (κ2) is 12.8. The zero-order chi connectivity index (χ0) is 24.3. The van der Waals surface area contributed by atoms with Gasteiger partial charge in [0.05, 0.1) is 19.7 Å². The minimum atomic E-state index is -0.424. The second-order valence-corrected chi connectivity index (χ2v) is 8.26. The summed E-state index contributed by atoms with van der Waals surface area (Å²) in [6, 6.07) is 22.1. The number of amidine groups is 1. The molecular weight excluding hydrogens is 422 g/mol. The fraction of sp³-hybridized carbons (Fsp3) is 0.345. The Bertz CT molecular complexity index is 1110. The van der Waals surface area contributed by atoms with Crippen LogP contribution in [0, 0.1) is 4.91 Å². The van der Waals surface area contributed by atoms with Gasteiger partial charge in [-0.15, -0.1) is 4.91 Å². The summed E-state index contributed by atoms with van der Waals surface area (Å²) in [5, 5.41) is 6.92. The van der Waals surface area contributed by atoms with Crippen LogP contribution in [-0.4, -0.2) is 12.9 Å². The van der Waals surface area contributed by atoms with E-state index in [1.807, 2.05) is 36.4 Å². The highest BCUT2D eigenvalue weighted by molar-refractivity contribution is 5.89. The number of nitrogens with one attached hydrogen (secondary N) is 1. The SMILES string of the molecule is CCc1ccc(C(NCc2cccc(CC)c2OC)/C(N=O)=N/Cc2ccccc2)cc1CC. The summed E-state index contributed by atoms with van der Waals surface area (Å²) in [7, 11) is 1.70. The van der Waals surface area contributed by atoms with Gasteiger partial charge in [0.15, 0.2) is 5.84 Å². The lowest BCUT2D eigenvalue weighted by atomic mass is 9.96. The van der Waals surface area contributed by atoms with Crippen LogP contribution in [0.4, 0.5) is 0 Å². The first kappa shape index (κ1) is 25.3. The lowest BCUT2D eigenvalue weighted by Crippen LogP contribution is -2.28. The maximum atomic E-state index is 12.0. The van der Waals surface area contributed by atoms with Gasteiger partial charge < -0.3 is 4.74 Å². The maximum Gasteiger partial charge on any atom is 0.190 e. The summed E-state index contributed by atoms with van der Waals surface area (Å²) in [5.41, 5.74) is 6.84. The van der Waals surface area contributed by atoms with E-state index >= 15 is 0 Å². The first-order valence-electron chi connectivity index (χ1n) is 12.1. The van der Waals surface area contributed by atoms with Gasteiger partial charge >= 0.3 is 0 Å². The van der Waals surface area contributed by atoms with Crippen molar-refractivity contribution in [1.82, 2.24) is 5.32 Å². The van der Waals surface area contributed by atoms with E-state index in [9.17, 15) is 4.91 Å². The van der Waals surface area contributed by atoms with Crippen LogP contribution in [0.3, 0.4) is 0 Å². The normalized spacial score (nSPS) is 12.4. The number of methoxy groups -OCH3 is 1. The van der Waals surface area contributed by atoms with E-state index in [4.69, 9.17) is 4.74 Å². The van der Waals surface area contributed by atoms with Crippen molar-refractivity contribution in [3.8, 4) is 5.75 Å². The van der Waals surface area contributed by atoms with Gasteiger partial charge in [-0.2, -0.15) is 0 Å². The Hall–Kier alpha value is -3.31. The molecule has 0 aliphatic carbocycles. The smallest absolute Gasteiger partial charge is 0.190 e. The minimum absolute atomic E-state index is 0.251. The van der Waals surface area contributed by atoms with E-state index in [-0.39, 0.29) is 5.84 Å². The van der Waals surface area contributed by atoms with Crippen molar-refractivity contribution >= 4 is 5.84 Å². The van der Waals surface area contributed by atoms with Crippen LogP contribution in [0.1, 0.15) is 60.2 Å². The van der Waals surface area contributed by atoms with Gasteiger partial charge in [-0.25, -0.2) is 0 Å². The van der Waals surface area contributed by atoms with Gasteiger partial charge in [-0.3, -0.25) is 10.3 Å². The molecule has 0 spiro atoms. The van der Waals surface area contributed by atoms with Crippen molar-refractivity contribution in [3.05, 3.63) is 105 Å². The Morgan fingerprint density at radius 3 is 2.21 bits per heavy atom. The summed E-state index contributed by atoms with van der Waals surface area (Å²) in [5.74, 6) is 1.13. The molecule has 34 heavy (non-hydrogen) atoms. The average Bonchev–Trinajstić information content (AvgIpc) is 2.90. The van der Waals surface area contributed by atoms with Crippen LogP contribution in [0.15, 0.2) is 76.9 Å². The highest BCUT2D eigenvalue weighted by Crippen LogP contribution is 2.27. The van der Waals surface area contributed by atoms with Gasteiger partial charge in [-0.1, -0.05) is 87.5 Å². The van der Waals surface area contributed by atoms with Crippen LogP contribution in [0.5, 0.6) is 5.75 Å². The number of aliphatic imine (C=N–C) groups is 1. The molecule has 0 saturated carbocycles. The fourth-order valence-electron chi connectivity index (χ4n) is 4.32. The molecule has 5 heteroatoms. The fourth-order valence-corrected chi connectivity index (χ4v) is 4.32. The predicted molar refractivity (Wildman–Crippen MR) is 141 cm³/mol. The molecule has 0 saturated heterocycles. The largest absolute Gasteiger partial charge is 0.496 e. The Morgan fingerprint density at radius 1 is 0.853 bits per heavy atom. The van der Waals surface area contributed by atoms with Crippen molar-refractivity contribution in [3.63, 3.8) is 0 Å². The third-order valence-electron chi connectivity index (χ3n) is 6.20. The Kier molecular flexibility index (Phi) is 9.53. The van der Waals surface area contributed by atoms with E-state index in [1.165, 1.54) is 11.1 Å². The molecule has 3 aromatic carbocycles. The molecule has 0 aromatic heterocycles. The minimum Gasteiger partial charge on any atom is -0.496 e. The topological polar surface area (TPSA) is 63.0 Å². The molecule has 0 aliphatic heterocycles. The number of hydrogen-bond acceptors (Lipinski definition) is 4. The number of nitrogens with zero attached hydrogens (tertiary/aromatic N) is 2. The highest BCUT2D eigenvalue weighted by atomic mass is 16.5. The van der Waals surface area contributed by atoms with Gasteiger partial charge in [0.25, 0.3) is 0 Å². The Balaban J connectivity index is 1.97. The maximum absolute atomic E-state index is 12.0. The Labute approximate surface area is 203 Å². The van der Waals surface area contributed by atoms with Crippen LogP contribution >= 0.6 is 0 Å². The third-order valence-corrected chi connectivity index (χ3v) is 6.20. The van der Waals surface area contributed by atoms with Crippen molar-refractivity contribution in [2.24, 2.45) is 10.2 Å². The van der Waals surface area contributed by atoms with Crippen LogP contribution in [0.2, 0.25) is 0 Å². The van der Waals surface area contributed by atoms with Gasteiger partial charge in [0.2, 0.25) is 0 Å². The molecule has 0 aliphatic rings. The van der Waals surface area contributed by atoms with Crippen LogP contribution in [-0.2, 0) is 32.4 Å². The predicted octanol–water partition coefficient (Wildman–Crippen LogP) is 6.58. The summed E-state index contributed by atoms with van der Waals surface area (Å²) in [4.78, 5) is 16.6. The summed E-state index contributed by atoms with van der Waals surface area (Å²) in [6.07, 6.45) is 2.79. The molecule has 1 N–H and O–H groups in total. The molecule has 0 amide bonds.